The molecule has 0 aliphatic heterocycles. The van der Waals surface area contributed by atoms with Crippen LogP contribution in [0.4, 0.5) is 0 Å². The Balaban J connectivity index is 2.50. The van der Waals surface area contributed by atoms with Crippen molar-refractivity contribution in [1.82, 2.24) is 15.3 Å². The molecule has 1 N–H and O–H groups in total. The van der Waals surface area contributed by atoms with Gasteiger partial charge in [-0.3, -0.25) is 0 Å². The molecule has 5 heteroatoms. The third-order valence-electron chi connectivity index (χ3n) is 3.17. The first-order valence-corrected chi connectivity index (χ1v) is 7.29. The molecule has 0 fully saturated rings. The molecule has 0 unspecified atom stereocenters. The first-order valence-electron chi connectivity index (χ1n) is 7.29. The Morgan fingerprint density at radius 2 is 1.70 bits per heavy atom. The molecule has 1 aromatic rings. The van der Waals surface area contributed by atoms with Crippen LogP contribution in [-0.4, -0.2) is 50.0 Å². The molecule has 0 aromatic carbocycles. The second-order valence-electron chi connectivity index (χ2n) is 4.75. The number of aryl methyl sites for hydroxylation is 2. The van der Waals surface area contributed by atoms with Crippen molar-refractivity contribution in [3.63, 3.8) is 0 Å². The summed E-state index contributed by atoms with van der Waals surface area (Å²) in [6.07, 6.45) is 1.73. The van der Waals surface area contributed by atoms with E-state index in [4.69, 9.17) is 9.47 Å². The SMILES string of the molecule is CCNCCc1c(C)nc(CCOCCOC)nc1C. The van der Waals surface area contributed by atoms with Crippen LogP contribution in [0.25, 0.3) is 0 Å². The molecule has 1 aromatic heterocycles. The fraction of sp³-hybridized carbons (Fsp3) is 0.733. The second-order valence-corrected chi connectivity index (χ2v) is 4.75. The minimum atomic E-state index is 0.620. The van der Waals surface area contributed by atoms with Crippen molar-refractivity contribution in [3.8, 4) is 0 Å². The predicted molar refractivity (Wildman–Crippen MR) is 80.2 cm³/mol. The van der Waals surface area contributed by atoms with Gasteiger partial charge < -0.3 is 14.8 Å². The molecule has 1 rings (SSSR count). The molecule has 0 radical (unpaired) electrons. The fourth-order valence-electron chi connectivity index (χ4n) is 2.08. The van der Waals surface area contributed by atoms with Gasteiger partial charge in [-0.05, 0) is 38.9 Å². The number of rotatable bonds is 10. The van der Waals surface area contributed by atoms with Gasteiger partial charge in [-0.25, -0.2) is 9.97 Å². The number of methoxy groups -OCH3 is 1. The van der Waals surface area contributed by atoms with Gasteiger partial charge in [-0.15, -0.1) is 0 Å². The smallest absolute Gasteiger partial charge is 0.131 e. The topological polar surface area (TPSA) is 56.3 Å². The first kappa shape index (κ1) is 17.0. The minimum Gasteiger partial charge on any atom is -0.382 e. The fourth-order valence-corrected chi connectivity index (χ4v) is 2.08. The molecule has 1 heterocycles. The molecule has 0 spiro atoms. The highest BCUT2D eigenvalue weighted by Gasteiger charge is 2.08. The zero-order valence-electron chi connectivity index (χ0n) is 13.2. The van der Waals surface area contributed by atoms with Crippen LogP contribution < -0.4 is 5.32 Å². The Bertz CT molecular complexity index is 374. The van der Waals surface area contributed by atoms with E-state index in [-0.39, 0.29) is 0 Å². The standard InChI is InChI=1S/C15H27N3O2/c1-5-16-8-6-14-12(2)17-15(18-13(14)3)7-9-20-11-10-19-4/h16H,5-11H2,1-4H3. The Morgan fingerprint density at radius 1 is 1.00 bits per heavy atom. The van der Waals surface area contributed by atoms with E-state index in [9.17, 15) is 0 Å². The van der Waals surface area contributed by atoms with E-state index in [0.717, 1.165) is 43.1 Å². The normalized spacial score (nSPS) is 11.0. The third kappa shape index (κ3) is 5.94. The third-order valence-corrected chi connectivity index (χ3v) is 3.17. The van der Waals surface area contributed by atoms with E-state index in [0.29, 0.717) is 19.8 Å². The molecule has 0 atom stereocenters. The zero-order valence-corrected chi connectivity index (χ0v) is 13.2. The number of likely N-dealkylation sites (N-methyl/N-ethyl adjacent to an activating group) is 1. The molecule has 0 saturated heterocycles. The molecule has 0 amide bonds. The summed E-state index contributed by atoms with van der Waals surface area (Å²) in [5.74, 6) is 0.865. The molecule has 20 heavy (non-hydrogen) atoms. The van der Waals surface area contributed by atoms with Crippen LogP contribution in [0.1, 0.15) is 29.7 Å². The maximum absolute atomic E-state index is 5.45. The Kier molecular flexibility index (Phi) is 8.34. The van der Waals surface area contributed by atoms with E-state index in [1.54, 1.807) is 7.11 Å². The van der Waals surface area contributed by atoms with E-state index >= 15 is 0 Å². The molecule has 0 saturated carbocycles. The molecule has 114 valence electrons. The summed E-state index contributed by atoms with van der Waals surface area (Å²) in [7, 11) is 1.67. The summed E-state index contributed by atoms with van der Waals surface area (Å²) in [5, 5.41) is 3.33. The monoisotopic (exact) mass is 281 g/mol. The average molecular weight is 281 g/mol. The van der Waals surface area contributed by atoms with Crippen molar-refractivity contribution in [2.24, 2.45) is 0 Å². The molecule has 0 aliphatic carbocycles. The lowest BCUT2D eigenvalue weighted by Gasteiger charge is -2.11. The number of ether oxygens (including phenoxy) is 2. The summed E-state index contributed by atoms with van der Waals surface area (Å²) < 4.78 is 10.4. The number of hydrogen-bond donors (Lipinski definition) is 1. The van der Waals surface area contributed by atoms with Gasteiger partial charge in [0.05, 0.1) is 19.8 Å². The summed E-state index contributed by atoms with van der Waals surface area (Å²) in [6, 6.07) is 0. The lowest BCUT2D eigenvalue weighted by atomic mass is 10.1. The van der Waals surface area contributed by atoms with Gasteiger partial charge in [-0.2, -0.15) is 0 Å². The first-order chi connectivity index (χ1) is 9.69. The van der Waals surface area contributed by atoms with Gasteiger partial charge in [0.1, 0.15) is 5.82 Å². The highest BCUT2D eigenvalue weighted by Crippen LogP contribution is 2.11. The van der Waals surface area contributed by atoms with Gasteiger partial charge in [0, 0.05) is 24.9 Å². The van der Waals surface area contributed by atoms with Gasteiger partial charge >= 0.3 is 0 Å². The van der Waals surface area contributed by atoms with Gasteiger partial charge in [0.2, 0.25) is 0 Å². The highest BCUT2D eigenvalue weighted by molar-refractivity contribution is 5.24. The van der Waals surface area contributed by atoms with Crippen LogP contribution in [-0.2, 0) is 22.3 Å². The van der Waals surface area contributed by atoms with Gasteiger partial charge in [0.25, 0.3) is 0 Å². The van der Waals surface area contributed by atoms with Crippen molar-refractivity contribution < 1.29 is 9.47 Å². The zero-order chi connectivity index (χ0) is 14.8. The van der Waals surface area contributed by atoms with Crippen molar-refractivity contribution in [3.05, 3.63) is 22.8 Å². The van der Waals surface area contributed by atoms with Crippen LogP contribution >= 0.6 is 0 Å². The predicted octanol–water partition coefficient (Wildman–Crippen LogP) is 1.45. The van der Waals surface area contributed by atoms with E-state index in [1.807, 2.05) is 0 Å². The summed E-state index contributed by atoms with van der Waals surface area (Å²) >= 11 is 0. The van der Waals surface area contributed by atoms with Crippen molar-refractivity contribution in [2.75, 3.05) is 40.0 Å². The number of hydrogen-bond acceptors (Lipinski definition) is 5. The maximum atomic E-state index is 5.45. The largest absolute Gasteiger partial charge is 0.382 e. The van der Waals surface area contributed by atoms with Crippen molar-refractivity contribution in [2.45, 2.75) is 33.6 Å². The number of nitrogens with one attached hydrogen (secondary N) is 1. The van der Waals surface area contributed by atoms with E-state index in [1.165, 1.54) is 5.56 Å². The number of nitrogens with zero attached hydrogens (tertiary/aromatic N) is 2. The Hall–Kier alpha value is -1.04. The maximum Gasteiger partial charge on any atom is 0.131 e. The molecular weight excluding hydrogens is 254 g/mol. The van der Waals surface area contributed by atoms with Crippen LogP contribution in [0.3, 0.4) is 0 Å². The Morgan fingerprint density at radius 3 is 2.30 bits per heavy atom. The van der Waals surface area contributed by atoms with Crippen molar-refractivity contribution >= 4 is 0 Å². The summed E-state index contributed by atoms with van der Waals surface area (Å²) in [6.45, 7) is 10.1. The van der Waals surface area contributed by atoms with Crippen molar-refractivity contribution in [1.29, 1.82) is 0 Å². The lowest BCUT2D eigenvalue weighted by Crippen LogP contribution is -2.18. The van der Waals surface area contributed by atoms with Crippen LogP contribution in [0.2, 0.25) is 0 Å². The quantitative estimate of drug-likeness (QED) is 0.658. The van der Waals surface area contributed by atoms with Gasteiger partial charge in [0.15, 0.2) is 0 Å². The second kappa shape index (κ2) is 9.80. The molecule has 0 aliphatic rings. The average Bonchev–Trinajstić information content (AvgIpc) is 2.42. The number of aromatic nitrogens is 2. The van der Waals surface area contributed by atoms with E-state index < -0.39 is 0 Å². The molecular formula is C15H27N3O2. The summed E-state index contributed by atoms with van der Waals surface area (Å²) in [5.41, 5.74) is 3.43. The summed E-state index contributed by atoms with van der Waals surface area (Å²) in [4.78, 5) is 9.16. The van der Waals surface area contributed by atoms with Crippen LogP contribution in [0.15, 0.2) is 0 Å². The Labute approximate surface area is 122 Å². The highest BCUT2D eigenvalue weighted by atomic mass is 16.5. The molecule has 5 nitrogen and oxygen atoms in total. The van der Waals surface area contributed by atoms with Gasteiger partial charge in [-0.1, -0.05) is 6.92 Å². The molecule has 0 bridgehead atoms. The van der Waals surface area contributed by atoms with E-state index in [2.05, 4.69) is 36.1 Å². The van der Waals surface area contributed by atoms with Crippen LogP contribution in [0, 0.1) is 13.8 Å². The van der Waals surface area contributed by atoms with Crippen LogP contribution in [0.5, 0.6) is 0 Å². The minimum absolute atomic E-state index is 0.620. The lowest BCUT2D eigenvalue weighted by molar-refractivity contribution is 0.0716.